The molecule has 1 atom stereocenters. The summed E-state index contributed by atoms with van der Waals surface area (Å²) in [5.41, 5.74) is 1.02. The van der Waals surface area contributed by atoms with Gasteiger partial charge in [0.15, 0.2) is 5.75 Å². The van der Waals surface area contributed by atoms with Crippen molar-refractivity contribution in [1.82, 2.24) is 4.90 Å². The minimum Gasteiger partial charge on any atom is -0.488 e. The number of rotatable bonds is 9. The van der Waals surface area contributed by atoms with Crippen LogP contribution in [0.2, 0.25) is 0 Å². The Morgan fingerprint density at radius 1 is 1.28 bits per heavy atom. The highest BCUT2D eigenvalue weighted by atomic mass is 32.2. The summed E-state index contributed by atoms with van der Waals surface area (Å²) in [6.07, 6.45) is 5.42. The van der Waals surface area contributed by atoms with Crippen molar-refractivity contribution in [3.8, 4) is 5.75 Å². The Labute approximate surface area is 211 Å². The van der Waals surface area contributed by atoms with Crippen LogP contribution in [-0.2, 0) is 14.8 Å². The normalized spacial score (nSPS) is 17.1. The first kappa shape index (κ1) is 26.0. The number of esters is 1. The first-order chi connectivity index (χ1) is 17.3. The fraction of sp³-hybridized carbons (Fsp3) is 0.423. The van der Waals surface area contributed by atoms with Gasteiger partial charge in [0.05, 0.1) is 29.4 Å². The van der Waals surface area contributed by atoms with Gasteiger partial charge in [0, 0.05) is 13.1 Å². The van der Waals surface area contributed by atoms with Gasteiger partial charge in [-0.25, -0.2) is 17.6 Å². The summed E-state index contributed by atoms with van der Waals surface area (Å²) in [6, 6.07) is 7.03. The lowest BCUT2D eigenvalue weighted by molar-refractivity contribution is 0.0596. The molecule has 0 radical (unpaired) electrons. The van der Waals surface area contributed by atoms with Crippen molar-refractivity contribution in [1.29, 1.82) is 0 Å². The Kier molecular flexibility index (Phi) is 7.85. The quantitative estimate of drug-likeness (QED) is 0.501. The molecular weight excluding hydrogens is 485 g/mol. The van der Waals surface area contributed by atoms with E-state index in [9.17, 15) is 17.6 Å². The van der Waals surface area contributed by atoms with Gasteiger partial charge in [-0.15, -0.1) is 0 Å². The highest BCUT2D eigenvalue weighted by molar-refractivity contribution is 7.92. The smallest absolute Gasteiger partial charge is 0.343 e. The zero-order valence-electron chi connectivity index (χ0n) is 20.8. The molecule has 2 heterocycles. The van der Waals surface area contributed by atoms with Gasteiger partial charge < -0.3 is 19.3 Å². The number of sulfonamides is 1. The van der Waals surface area contributed by atoms with E-state index in [0.717, 1.165) is 44.2 Å². The average Bonchev–Trinajstić information content (AvgIpc) is 3.35. The Balaban J connectivity index is 1.70. The summed E-state index contributed by atoms with van der Waals surface area (Å²) in [6.45, 7) is 7.59. The lowest BCUT2D eigenvalue weighted by Gasteiger charge is -2.34. The Bertz CT molecular complexity index is 1260. The summed E-state index contributed by atoms with van der Waals surface area (Å²) >= 11 is 0. The molecule has 2 aromatic rings. The van der Waals surface area contributed by atoms with Crippen LogP contribution >= 0.6 is 0 Å². The Morgan fingerprint density at radius 3 is 2.78 bits per heavy atom. The lowest BCUT2D eigenvalue weighted by Crippen LogP contribution is -2.38. The zero-order valence-corrected chi connectivity index (χ0v) is 21.6. The predicted octanol–water partition coefficient (Wildman–Crippen LogP) is 4.13. The molecule has 194 valence electrons. The first-order valence-electron chi connectivity index (χ1n) is 12.1. The average molecular weight is 518 g/mol. The number of ether oxygens (including phenoxy) is 2. The van der Waals surface area contributed by atoms with Gasteiger partial charge in [-0.05, 0) is 61.8 Å². The molecule has 10 heteroatoms. The number of hydrogen-bond donors (Lipinski definition) is 1. The minimum atomic E-state index is -4.19. The molecule has 1 N–H and O–H groups in total. The van der Waals surface area contributed by atoms with Gasteiger partial charge in [-0.1, -0.05) is 26.0 Å². The second-order valence-electron chi connectivity index (χ2n) is 8.80. The van der Waals surface area contributed by atoms with Crippen LogP contribution in [-0.4, -0.2) is 65.2 Å². The van der Waals surface area contributed by atoms with E-state index in [4.69, 9.17) is 9.47 Å². The van der Waals surface area contributed by atoms with Crippen molar-refractivity contribution >= 4 is 33.4 Å². The van der Waals surface area contributed by atoms with Gasteiger partial charge >= 0.3 is 5.97 Å². The summed E-state index contributed by atoms with van der Waals surface area (Å²) in [5.74, 6) is -0.951. The van der Waals surface area contributed by atoms with Crippen molar-refractivity contribution in [3.63, 3.8) is 0 Å². The first-order valence-corrected chi connectivity index (χ1v) is 13.6. The molecule has 0 aliphatic carbocycles. The molecule has 2 aromatic carbocycles. The van der Waals surface area contributed by atoms with E-state index >= 15 is 0 Å². The van der Waals surface area contributed by atoms with E-state index in [2.05, 4.69) is 14.5 Å². The fourth-order valence-electron chi connectivity index (χ4n) is 4.74. The van der Waals surface area contributed by atoms with Gasteiger partial charge in [-0.3, -0.25) is 4.72 Å². The maximum atomic E-state index is 14.0. The van der Waals surface area contributed by atoms with E-state index in [1.807, 2.05) is 13.8 Å². The number of methoxy groups -OCH3 is 1. The molecule has 1 fully saturated rings. The van der Waals surface area contributed by atoms with E-state index in [0.29, 0.717) is 18.9 Å². The monoisotopic (exact) mass is 517 g/mol. The number of anilines is 2. The summed E-state index contributed by atoms with van der Waals surface area (Å²) in [4.78, 5) is 17.0. The molecular formula is C26H32FN3O5S. The van der Waals surface area contributed by atoms with Crippen LogP contribution in [0.5, 0.6) is 5.75 Å². The third-order valence-corrected chi connectivity index (χ3v) is 8.13. The molecule has 0 unspecified atom stereocenters. The lowest BCUT2D eigenvalue weighted by atomic mass is 10.1. The third-order valence-electron chi connectivity index (χ3n) is 6.69. The number of hydrogen-bond acceptors (Lipinski definition) is 7. The highest BCUT2D eigenvalue weighted by Gasteiger charge is 2.36. The molecule has 4 rings (SSSR count). The molecule has 36 heavy (non-hydrogen) atoms. The number of carbonyl (C=O) groups is 1. The van der Waals surface area contributed by atoms with Gasteiger partial charge in [0.25, 0.3) is 10.0 Å². The molecule has 2 aliphatic rings. The zero-order chi connectivity index (χ0) is 25.9. The number of nitrogens with one attached hydrogen (secondary N) is 1. The molecule has 0 amide bonds. The minimum absolute atomic E-state index is 0.0182. The number of likely N-dealkylation sites (N-methyl/N-ethyl adjacent to an activating group) is 1. The summed E-state index contributed by atoms with van der Waals surface area (Å²) < 4.78 is 54.4. The van der Waals surface area contributed by atoms with Gasteiger partial charge in [-0.2, -0.15) is 0 Å². The van der Waals surface area contributed by atoms with Crippen LogP contribution in [0.1, 0.15) is 42.6 Å². The van der Waals surface area contributed by atoms with Crippen LogP contribution in [0, 0.1) is 5.82 Å². The number of nitrogens with zero attached hydrogens (tertiary/aromatic N) is 2. The Hall–Kier alpha value is -3.11. The Morgan fingerprint density at radius 2 is 2.06 bits per heavy atom. The van der Waals surface area contributed by atoms with E-state index in [1.165, 1.54) is 19.2 Å². The highest BCUT2D eigenvalue weighted by Crippen LogP contribution is 2.44. The molecule has 0 aromatic heterocycles. The maximum Gasteiger partial charge on any atom is 0.343 e. The largest absolute Gasteiger partial charge is 0.488 e. The van der Waals surface area contributed by atoms with Crippen molar-refractivity contribution in [2.24, 2.45) is 0 Å². The van der Waals surface area contributed by atoms with Crippen molar-refractivity contribution < 1.29 is 27.1 Å². The van der Waals surface area contributed by atoms with Crippen molar-refractivity contribution in [2.75, 3.05) is 49.5 Å². The second-order valence-corrected chi connectivity index (χ2v) is 10.5. The maximum absolute atomic E-state index is 14.0. The summed E-state index contributed by atoms with van der Waals surface area (Å²) in [5, 5.41) is 0. The molecule has 8 nitrogen and oxygen atoms in total. The fourth-order valence-corrected chi connectivity index (χ4v) is 6.00. The van der Waals surface area contributed by atoms with Crippen LogP contribution in [0.3, 0.4) is 0 Å². The van der Waals surface area contributed by atoms with Crippen LogP contribution < -0.4 is 14.4 Å². The number of halogens is 1. The predicted molar refractivity (Wildman–Crippen MR) is 138 cm³/mol. The molecule has 1 saturated heterocycles. The van der Waals surface area contributed by atoms with E-state index < -0.39 is 21.8 Å². The topological polar surface area (TPSA) is 88.2 Å². The SMILES string of the molecule is CCN(CC)CC=Cc1cc(F)ccc1S(=O)(=O)Nc1ccc2c(c1C(=O)OC)OC[C@H]1CCCN21. The third kappa shape index (κ3) is 5.19. The molecule has 2 aliphatic heterocycles. The van der Waals surface area contributed by atoms with Crippen molar-refractivity contribution in [2.45, 2.75) is 37.6 Å². The van der Waals surface area contributed by atoms with Crippen molar-refractivity contribution in [3.05, 3.63) is 53.4 Å². The van der Waals surface area contributed by atoms with Crippen LogP contribution in [0.15, 0.2) is 41.3 Å². The van der Waals surface area contributed by atoms with Gasteiger partial charge in [0.2, 0.25) is 0 Å². The number of fused-ring (bicyclic) bond motifs is 3. The van der Waals surface area contributed by atoms with Gasteiger partial charge in [0.1, 0.15) is 18.0 Å². The van der Waals surface area contributed by atoms with Crippen LogP contribution in [0.4, 0.5) is 15.8 Å². The molecule has 0 spiro atoms. The number of benzene rings is 2. The number of carbonyl (C=O) groups excluding carboxylic acids is 1. The molecule has 0 bridgehead atoms. The molecule has 0 saturated carbocycles. The van der Waals surface area contributed by atoms with E-state index in [1.54, 1.807) is 24.3 Å². The van der Waals surface area contributed by atoms with Crippen LogP contribution in [0.25, 0.3) is 6.08 Å². The van der Waals surface area contributed by atoms with E-state index in [-0.39, 0.29) is 27.8 Å². The second kappa shape index (κ2) is 10.9. The standard InChI is InChI=1S/C26H32FN3O5S/c1-4-29(5-2)14-6-8-18-16-19(27)10-13-23(18)36(32,33)28-21-11-12-22-25(24(21)26(31)34-3)35-17-20-9-7-15-30(20)22/h6,8,10-13,16,20,28H,4-5,7,9,14-15,17H2,1-3H3/t20-/m1/s1. The summed E-state index contributed by atoms with van der Waals surface area (Å²) in [7, 11) is -2.95.